The summed E-state index contributed by atoms with van der Waals surface area (Å²) in [6.45, 7) is 7.81. The normalized spacial score (nSPS) is 11.2. The molecular weight excluding hydrogens is 336 g/mol. The molecule has 0 unspecified atom stereocenters. The molecule has 6 nitrogen and oxygen atoms in total. The average Bonchev–Trinajstić information content (AvgIpc) is 2.65. The first kappa shape index (κ1) is 19.5. The Labute approximate surface area is 152 Å². The Morgan fingerprint density at radius 2 is 2.00 bits per heavy atom. The molecule has 1 aromatic heterocycles. The molecule has 1 N–H and O–H groups in total. The van der Waals surface area contributed by atoms with Crippen molar-refractivity contribution >= 4 is 28.6 Å². The summed E-state index contributed by atoms with van der Waals surface area (Å²) in [7, 11) is 1.61. The molecule has 1 amide bonds. The Morgan fingerprint density at radius 3 is 2.68 bits per heavy atom. The maximum Gasteiger partial charge on any atom is 0.262 e. The molecule has 0 saturated heterocycles. The predicted molar refractivity (Wildman–Crippen MR) is 103 cm³/mol. The van der Waals surface area contributed by atoms with Crippen LogP contribution in [0.15, 0.2) is 34.2 Å². The Balaban J connectivity index is 2.28. The van der Waals surface area contributed by atoms with Crippen molar-refractivity contribution in [2.24, 2.45) is 0 Å². The topological polar surface area (TPSA) is 67.2 Å². The van der Waals surface area contributed by atoms with E-state index in [1.807, 2.05) is 18.2 Å². The fraction of sp³-hybridized carbons (Fsp3) is 0.500. The summed E-state index contributed by atoms with van der Waals surface area (Å²) in [4.78, 5) is 31.4. The number of aromatic nitrogens is 2. The van der Waals surface area contributed by atoms with E-state index in [0.717, 1.165) is 26.1 Å². The largest absolute Gasteiger partial charge is 0.358 e. The monoisotopic (exact) mass is 362 g/mol. The lowest BCUT2D eigenvalue weighted by atomic mass is 10.2. The summed E-state index contributed by atoms with van der Waals surface area (Å²) < 4.78 is 1.71. The zero-order valence-corrected chi connectivity index (χ0v) is 15.9. The van der Waals surface area contributed by atoms with E-state index in [1.54, 1.807) is 17.7 Å². The van der Waals surface area contributed by atoms with Gasteiger partial charge in [0.1, 0.15) is 0 Å². The van der Waals surface area contributed by atoms with Crippen molar-refractivity contribution < 1.29 is 4.79 Å². The number of hydrogen-bond donors (Lipinski definition) is 1. The maximum absolute atomic E-state index is 12.9. The van der Waals surface area contributed by atoms with Crippen LogP contribution in [0.25, 0.3) is 10.9 Å². The minimum absolute atomic E-state index is 0.0375. The van der Waals surface area contributed by atoms with Gasteiger partial charge in [0.2, 0.25) is 5.91 Å². The van der Waals surface area contributed by atoms with Gasteiger partial charge in [0, 0.05) is 13.6 Å². The number of rotatable bonds is 9. The van der Waals surface area contributed by atoms with Gasteiger partial charge < -0.3 is 10.2 Å². The van der Waals surface area contributed by atoms with Crippen molar-refractivity contribution in [1.82, 2.24) is 19.8 Å². The lowest BCUT2D eigenvalue weighted by Gasteiger charge is -2.19. The molecule has 0 atom stereocenters. The van der Waals surface area contributed by atoms with E-state index >= 15 is 0 Å². The van der Waals surface area contributed by atoms with Crippen molar-refractivity contribution in [3.63, 3.8) is 0 Å². The molecule has 25 heavy (non-hydrogen) atoms. The van der Waals surface area contributed by atoms with Gasteiger partial charge in [-0.1, -0.05) is 37.7 Å². The van der Waals surface area contributed by atoms with Crippen LogP contribution >= 0.6 is 11.8 Å². The van der Waals surface area contributed by atoms with Crippen molar-refractivity contribution in [2.45, 2.75) is 32.0 Å². The number of nitrogens with one attached hydrogen (secondary N) is 1. The number of para-hydroxylation sites is 1. The zero-order valence-electron chi connectivity index (χ0n) is 15.1. The highest BCUT2D eigenvalue weighted by Gasteiger charge is 2.13. The van der Waals surface area contributed by atoms with Gasteiger partial charge in [0.15, 0.2) is 5.16 Å². The Morgan fingerprint density at radius 1 is 1.28 bits per heavy atom. The molecule has 0 bridgehead atoms. The van der Waals surface area contributed by atoms with Gasteiger partial charge in [-0.05, 0) is 38.2 Å². The highest BCUT2D eigenvalue weighted by Crippen LogP contribution is 2.18. The van der Waals surface area contributed by atoms with E-state index in [2.05, 4.69) is 29.0 Å². The number of amides is 1. The predicted octanol–water partition coefficient (Wildman–Crippen LogP) is 1.97. The van der Waals surface area contributed by atoms with Gasteiger partial charge in [0.05, 0.1) is 16.7 Å². The van der Waals surface area contributed by atoms with Crippen LogP contribution in [0, 0.1) is 0 Å². The van der Waals surface area contributed by atoms with Gasteiger partial charge in [0.25, 0.3) is 5.56 Å². The highest BCUT2D eigenvalue weighted by atomic mass is 32.2. The summed E-state index contributed by atoms with van der Waals surface area (Å²) in [6, 6.07) is 7.36. The van der Waals surface area contributed by atoms with E-state index in [1.165, 1.54) is 11.8 Å². The van der Waals surface area contributed by atoms with Gasteiger partial charge in [-0.2, -0.15) is 0 Å². The van der Waals surface area contributed by atoms with E-state index in [9.17, 15) is 9.59 Å². The first-order valence-electron chi connectivity index (χ1n) is 8.66. The Hall–Kier alpha value is -1.86. The number of thioether (sulfide) groups is 1. The molecule has 0 saturated carbocycles. The summed E-state index contributed by atoms with van der Waals surface area (Å²) in [6.07, 6.45) is 0.870. The quantitative estimate of drug-likeness (QED) is 0.546. The average molecular weight is 362 g/mol. The molecule has 0 aliphatic carbocycles. The fourth-order valence-electron chi connectivity index (χ4n) is 2.65. The van der Waals surface area contributed by atoms with Crippen LogP contribution in [0.5, 0.6) is 0 Å². The van der Waals surface area contributed by atoms with Crippen LogP contribution in [-0.2, 0) is 11.3 Å². The summed E-state index contributed by atoms with van der Waals surface area (Å²) in [5, 5.41) is 3.82. The van der Waals surface area contributed by atoms with Crippen molar-refractivity contribution in [3.05, 3.63) is 34.6 Å². The van der Waals surface area contributed by atoms with Crippen LogP contribution in [0.3, 0.4) is 0 Å². The number of benzene rings is 1. The van der Waals surface area contributed by atoms with Gasteiger partial charge in [-0.15, -0.1) is 0 Å². The minimum atomic E-state index is -0.0814. The maximum atomic E-state index is 12.9. The fourth-order valence-corrected chi connectivity index (χ4v) is 3.55. The second-order valence-corrected chi connectivity index (χ2v) is 6.65. The number of carbonyl (C=O) groups is 1. The van der Waals surface area contributed by atoms with Crippen molar-refractivity contribution in [3.8, 4) is 0 Å². The molecule has 7 heteroatoms. The molecule has 2 rings (SSSR count). The summed E-state index contributed by atoms with van der Waals surface area (Å²) in [5.74, 6) is 0.166. The van der Waals surface area contributed by atoms with E-state index in [4.69, 9.17) is 0 Å². The van der Waals surface area contributed by atoms with Crippen LogP contribution in [-0.4, -0.2) is 52.8 Å². The van der Waals surface area contributed by atoms with Gasteiger partial charge in [-0.3, -0.25) is 14.2 Å². The third kappa shape index (κ3) is 5.06. The molecule has 0 aliphatic rings. The number of hydrogen-bond acceptors (Lipinski definition) is 5. The second kappa shape index (κ2) is 9.58. The standard InChI is InChI=1S/C18H26N4O2S/c1-4-21(5-2)11-8-12-22-17(24)14-9-6-7-10-15(14)20-18(22)25-13-16(23)19-3/h6-7,9-10H,4-5,8,11-13H2,1-3H3,(H,19,23). The summed E-state index contributed by atoms with van der Waals surface area (Å²) in [5.41, 5.74) is 0.636. The Kier molecular flexibility index (Phi) is 7.46. The third-order valence-electron chi connectivity index (χ3n) is 4.19. The molecule has 0 aliphatic heterocycles. The minimum Gasteiger partial charge on any atom is -0.358 e. The third-order valence-corrected chi connectivity index (χ3v) is 5.16. The molecular formula is C18H26N4O2S. The van der Waals surface area contributed by atoms with Crippen LogP contribution < -0.4 is 10.9 Å². The Bertz CT molecular complexity index is 771. The lowest BCUT2D eigenvalue weighted by molar-refractivity contribution is -0.118. The van der Waals surface area contributed by atoms with Crippen molar-refractivity contribution in [1.29, 1.82) is 0 Å². The first-order chi connectivity index (χ1) is 12.1. The van der Waals surface area contributed by atoms with Crippen LogP contribution in [0.4, 0.5) is 0 Å². The van der Waals surface area contributed by atoms with Crippen molar-refractivity contribution in [2.75, 3.05) is 32.4 Å². The van der Waals surface area contributed by atoms with Crippen LogP contribution in [0.2, 0.25) is 0 Å². The molecule has 0 fully saturated rings. The number of nitrogens with zero attached hydrogens (tertiary/aromatic N) is 3. The highest BCUT2D eigenvalue weighted by molar-refractivity contribution is 7.99. The number of fused-ring (bicyclic) bond motifs is 1. The summed E-state index contributed by atoms with van der Waals surface area (Å²) >= 11 is 1.31. The second-order valence-electron chi connectivity index (χ2n) is 5.71. The molecule has 0 radical (unpaired) electrons. The molecule has 2 aromatic rings. The van der Waals surface area contributed by atoms with Crippen LogP contribution in [0.1, 0.15) is 20.3 Å². The first-order valence-corrected chi connectivity index (χ1v) is 9.64. The lowest BCUT2D eigenvalue weighted by Crippen LogP contribution is -2.28. The number of carbonyl (C=O) groups excluding carboxylic acids is 1. The zero-order chi connectivity index (χ0) is 18.2. The van der Waals surface area contributed by atoms with Gasteiger partial charge >= 0.3 is 0 Å². The molecule has 1 heterocycles. The van der Waals surface area contributed by atoms with Gasteiger partial charge in [-0.25, -0.2) is 4.98 Å². The van der Waals surface area contributed by atoms with E-state index < -0.39 is 0 Å². The smallest absolute Gasteiger partial charge is 0.262 e. The molecule has 1 aromatic carbocycles. The molecule has 0 spiro atoms. The SMILES string of the molecule is CCN(CC)CCCn1c(SCC(=O)NC)nc2ccccc2c1=O. The van der Waals surface area contributed by atoms with E-state index in [0.29, 0.717) is 22.6 Å². The van der Waals surface area contributed by atoms with E-state index in [-0.39, 0.29) is 17.2 Å². The molecule has 136 valence electrons.